The van der Waals surface area contributed by atoms with Gasteiger partial charge in [0.05, 0.1) is 15.5 Å². The molecule has 0 saturated heterocycles. The average Bonchev–Trinajstić information content (AvgIpc) is 2.89. The lowest BCUT2D eigenvalue weighted by atomic mass is 10.2. The van der Waals surface area contributed by atoms with Crippen LogP contribution in [0.25, 0.3) is 0 Å². The average molecular weight is 366 g/mol. The molecule has 0 unspecified atom stereocenters. The normalized spacial score (nSPS) is 14.7. The highest BCUT2D eigenvalue weighted by atomic mass is 32.2. The van der Waals surface area contributed by atoms with Crippen LogP contribution in [0.4, 0.5) is 5.69 Å². The van der Waals surface area contributed by atoms with Crippen molar-refractivity contribution in [1.29, 1.82) is 0 Å². The first-order chi connectivity index (χ1) is 11.1. The number of fused-ring (bicyclic) bond motifs is 1. The van der Waals surface area contributed by atoms with Gasteiger partial charge in [-0.2, -0.15) is 0 Å². The Bertz CT molecular complexity index is 1030. The minimum Gasteiger partial charge on any atom is -0.266 e. The zero-order valence-corrected chi connectivity index (χ0v) is 15.0. The SMILES string of the molecule is Cc1ccc(S(=O)(=O)N2CCc3ccc(S(N)(=O)=O)cc32)c(C)c1. The fourth-order valence-electron chi connectivity index (χ4n) is 2.96. The summed E-state index contributed by atoms with van der Waals surface area (Å²) < 4.78 is 50.5. The summed E-state index contributed by atoms with van der Waals surface area (Å²) in [4.78, 5) is 0.130. The van der Waals surface area contributed by atoms with Gasteiger partial charge >= 0.3 is 0 Å². The van der Waals surface area contributed by atoms with E-state index in [-0.39, 0.29) is 16.3 Å². The molecule has 0 fully saturated rings. The Labute approximate surface area is 142 Å². The van der Waals surface area contributed by atoms with E-state index in [1.165, 1.54) is 16.4 Å². The van der Waals surface area contributed by atoms with Crippen molar-refractivity contribution in [3.63, 3.8) is 0 Å². The lowest BCUT2D eigenvalue weighted by Gasteiger charge is -2.21. The number of hydrogen-bond acceptors (Lipinski definition) is 4. The second-order valence-electron chi connectivity index (χ2n) is 5.93. The van der Waals surface area contributed by atoms with Crippen LogP contribution >= 0.6 is 0 Å². The molecule has 8 heteroatoms. The molecule has 0 aliphatic carbocycles. The van der Waals surface area contributed by atoms with Crippen LogP contribution in [0.2, 0.25) is 0 Å². The van der Waals surface area contributed by atoms with Gasteiger partial charge < -0.3 is 0 Å². The lowest BCUT2D eigenvalue weighted by Crippen LogP contribution is -2.29. The van der Waals surface area contributed by atoms with Crippen LogP contribution in [-0.4, -0.2) is 23.4 Å². The van der Waals surface area contributed by atoms with Crippen LogP contribution in [-0.2, 0) is 26.5 Å². The second kappa shape index (κ2) is 5.58. The van der Waals surface area contributed by atoms with E-state index < -0.39 is 20.0 Å². The van der Waals surface area contributed by atoms with Crippen molar-refractivity contribution in [3.05, 3.63) is 53.1 Å². The summed E-state index contributed by atoms with van der Waals surface area (Å²) in [5.41, 5.74) is 2.80. The first kappa shape index (κ1) is 16.9. The minimum absolute atomic E-state index is 0.0935. The van der Waals surface area contributed by atoms with E-state index >= 15 is 0 Å². The molecule has 2 N–H and O–H groups in total. The third kappa shape index (κ3) is 2.81. The number of rotatable bonds is 3. The maximum Gasteiger partial charge on any atom is 0.264 e. The van der Waals surface area contributed by atoms with Crippen LogP contribution in [0.3, 0.4) is 0 Å². The van der Waals surface area contributed by atoms with Gasteiger partial charge in [-0.25, -0.2) is 22.0 Å². The predicted octanol–water partition coefficient (Wildman–Crippen LogP) is 1.70. The molecule has 1 aliphatic rings. The maximum absolute atomic E-state index is 13.0. The summed E-state index contributed by atoms with van der Waals surface area (Å²) in [5.74, 6) is 0. The molecule has 0 atom stereocenters. The number of hydrogen-bond donors (Lipinski definition) is 1. The van der Waals surface area contributed by atoms with Crippen molar-refractivity contribution in [2.45, 2.75) is 30.1 Å². The van der Waals surface area contributed by atoms with E-state index in [0.717, 1.165) is 11.1 Å². The molecular formula is C16H18N2O4S2. The van der Waals surface area contributed by atoms with Crippen molar-refractivity contribution in [2.24, 2.45) is 5.14 Å². The molecule has 0 amide bonds. The number of sulfonamides is 2. The largest absolute Gasteiger partial charge is 0.266 e. The van der Waals surface area contributed by atoms with Crippen molar-refractivity contribution < 1.29 is 16.8 Å². The smallest absolute Gasteiger partial charge is 0.264 e. The lowest BCUT2D eigenvalue weighted by molar-refractivity contribution is 0.590. The Morgan fingerprint density at radius 2 is 1.71 bits per heavy atom. The highest BCUT2D eigenvalue weighted by Gasteiger charge is 2.32. The molecule has 128 valence electrons. The molecule has 0 spiro atoms. The Morgan fingerprint density at radius 3 is 2.33 bits per heavy atom. The van der Waals surface area contributed by atoms with Crippen LogP contribution in [0, 0.1) is 13.8 Å². The van der Waals surface area contributed by atoms with Gasteiger partial charge in [-0.15, -0.1) is 0 Å². The summed E-state index contributed by atoms with van der Waals surface area (Å²) in [6.45, 7) is 3.92. The van der Waals surface area contributed by atoms with Crippen molar-refractivity contribution >= 4 is 25.7 Å². The molecule has 1 aliphatic heterocycles. The quantitative estimate of drug-likeness (QED) is 0.894. The highest BCUT2D eigenvalue weighted by molar-refractivity contribution is 7.93. The molecule has 2 aromatic rings. The summed E-state index contributed by atoms with van der Waals surface area (Å²) >= 11 is 0. The van der Waals surface area contributed by atoms with Crippen LogP contribution < -0.4 is 9.44 Å². The zero-order valence-electron chi connectivity index (χ0n) is 13.4. The molecule has 1 heterocycles. The number of nitrogens with zero attached hydrogens (tertiary/aromatic N) is 1. The van der Waals surface area contributed by atoms with E-state index in [9.17, 15) is 16.8 Å². The fourth-order valence-corrected chi connectivity index (χ4v) is 5.20. The standard InChI is InChI=1S/C16H18N2O4S2/c1-11-3-6-16(12(2)9-11)24(21,22)18-8-7-13-4-5-14(10-15(13)18)23(17,19)20/h3-6,9-10H,7-8H2,1-2H3,(H2,17,19,20). The monoisotopic (exact) mass is 366 g/mol. The number of benzene rings is 2. The number of aryl methyl sites for hydroxylation is 2. The van der Waals surface area contributed by atoms with E-state index in [1.54, 1.807) is 25.1 Å². The molecular weight excluding hydrogens is 348 g/mol. The molecule has 0 aromatic heterocycles. The highest BCUT2D eigenvalue weighted by Crippen LogP contribution is 2.35. The summed E-state index contributed by atoms with van der Waals surface area (Å²) in [6.07, 6.45) is 0.532. The number of nitrogens with two attached hydrogens (primary N) is 1. The van der Waals surface area contributed by atoms with E-state index in [2.05, 4.69) is 0 Å². The van der Waals surface area contributed by atoms with Gasteiger partial charge in [0.1, 0.15) is 0 Å². The maximum atomic E-state index is 13.0. The van der Waals surface area contributed by atoms with Gasteiger partial charge in [-0.1, -0.05) is 23.8 Å². The first-order valence-electron chi connectivity index (χ1n) is 7.36. The topological polar surface area (TPSA) is 97.5 Å². The third-order valence-electron chi connectivity index (χ3n) is 4.14. The van der Waals surface area contributed by atoms with Gasteiger partial charge in [0.2, 0.25) is 10.0 Å². The fraction of sp³-hybridized carbons (Fsp3) is 0.250. The molecule has 3 rings (SSSR count). The van der Waals surface area contributed by atoms with Gasteiger partial charge in [0.15, 0.2) is 0 Å². The number of primary sulfonamides is 1. The van der Waals surface area contributed by atoms with Crippen LogP contribution in [0.5, 0.6) is 0 Å². The van der Waals surface area contributed by atoms with E-state index in [4.69, 9.17) is 5.14 Å². The minimum atomic E-state index is -3.89. The number of anilines is 1. The van der Waals surface area contributed by atoms with E-state index in [0.29, 0.717) is 17.7 Å². The van der Waals surface area contributed by atoms with Crippen LogP contribution in [0.15, 0.2) is 46.2 Å². The third-order valence-corrected chi connectivity index (χ3v) is 7.02. The Morgan fingerprint density at radius 1 is 1.00 bits per heavy atom. The van der Waals surface area contributed by atoms with Crippen molar-refractivity contribution in [3.8, 4) is 0 Å². The van der Waals surface area contributed by atoms with Gasteiger partial charge in [-0.3, -0.25) is 4.31 Å². The summed E-state index contributed by atoms with van der Waals surface area (Å²) in [6, 6.07) is 9.50. The summed E-state index contributed by atoms with van der Waals surface area (Å²) in [5, 5.41) is 5.16. The van der Waals surface area contributed by atoms with Gasteiger partial charge in [-0.05, 0) is 49.6 Å². The predicted molar refractivity (Wildman–Crippen MR) is 92.0 cm³/mol. The first-order valence-corrected chi connectivity index (χ1v) is 10.3. The Balaban J connectivity index is 2.13. The molecule has 2 aromatic carbocycles. The van der Waals surface area contributed by atoms with Crippen molar-refractivity contribution in [1.82, 2.24) is 0 Å². The summed E-state index contributed by atoms with van der Waals surface area (Å²) in [7, 11) is -7.66. The van der Waals surface area contributed by atoms with Crippen LogP contribution in [0.1, 0.15) is 16.7 Å². The molecule has 0 radical (unpaired) electrons. The second-order valence-corrected chi connectivity index (χ2v) is 9.32. The van der Waals surface area contributed by atoms with Gasteiger partial charge in [0, 0.05) is 6.54 Å². The Hall–Kier alpha value is -1.90. The van der Waals surface area contributed by atoms with Crippen molar-refractivity contribution in [2.75, 3.05) is 10.8 Å². The molecule has 0 bridgehead atoms. The zero-order chi connectivity index (χ0) is 17.7. The molecule has 24 heavy (non-hydrogen) atoms. The van der Waals surface area contributed by atoms with E-state index in [1.807, 2.05) is 13.0 Å². The molecule has 0 saturated carbocycles. The van der Waals surface area contributed by atoms with Gasteiger partial charge in [0.25, 0.3) is 10.0 Å². The Kier molecular flexibility index (Phi) is 3.94. The molecule has 6 nitrogen and oxygen atoms in total.